The summed E-state index contributed by atoms with van der Waals surface area (Å²) in [5.74, 6) is -0.436. The summed E-state index contributed by atoms with van der Waals surface area (Å²) in [5.41, 5.74) is 0. The van der Waals surface area contributed by atoms with Gasteiger partial charge >= 0.3 is 0 Å². The molecule has 1 N–H and O–H groups in total. The van der Waals surface area contributed by atoms with Gasteiger partial charge in [-0.25, -0.2) is 0 Å². The molecule has 0 amide bonds. The van der Waals surface area contributed by atoms with Crippen LogP contribution in [0, 0.1) is 23.7 Å². The lowest BCUT2D eigenvalue weighted by Gasteiger charge is -2.05. The van der Waals surface area contributed by atoms with Crippen LogP contribution in [-0.2, 0) is 0 Å². The van der Waals surface area contributed by atoms with Crippen molar-refractivity contribution < 1.29 is 10.6 Å². The summed E-state index contributed by atoms with van der Waals surface area (Å²) in [6.45, 7) is 0. The Morgan fingerprint density at radius 3 is 2.10 bits per heavy atom. The molecule has 0 aromatic carbocycles. The van der Waals surface area contributed by atoms with Gasteiger partial charge in [0.05, 0.1) is 6.10 Å². The Morgan fingerprint density at radius 2 is 1.60 bits per heavy atom. The van der Waals surface area contributed by atoms with E-state index in [-0.39, 0.29) is 23.7 Å². The fourth-order valence-corrected chi connectivity index (χ4v) is 2.20. The molecule has 0 saturated heterocycles. The van der Waals surface area contributed by atoms with E-state index in [1.807, 2.05) is 0 Å². The average Bonchev–Trinajstić information content (AvgIpc) is 2.77. The quantitative estimate of drug-likeness (QED) is 0.542. The van der Waals surface area contributed by atoms with Gasteiger partial charge in [0.1, 0.15) is 0 Å². The Labute approximate surface area is 67.1 Å². The fourth-order valence-electron chi connectivity index (χ4n) is 2.20. The maximum Gasteiger partial charge on any atom is 0.0545 e. The van der Waals surface area contributed by atoms with E-state index in [4.69, 9.17) is 5.48 Å². The van der Waals surface area contributed by atoms with Gasteiger partial charge in [0.15, 0.2) is 0 Å². The van der Waals surface area contributed by atoms with E-state index in [0.717, 1.165) is 0 Å². The number of aliphatic hydroxyl groups is 1. The zero-order valence-electron chi connectivity index (χ0n) is 9.75. The molecule has 3 rings (SSSR count). The highest BCUT2D eigenvalue weighted by atomic mass is 16.3. The molecule has 0 bridgehead atoms. The van der Waals surface area contributed by atoms with Gasteiger partial charge in [0.25, 0.3) is 0 Å². The van der Waals surface area contributed by atoms with Gasteiger partial charge in [-0.1, -0.05) is 0 Å². The normalized spacial score (nSPS) is 79.9. The highest BCUT2D eigenvalue weighted by molar-refractivity contribution is 5.05. The number of rotatable bonds is 0. The highest BCUT2D eigenvalue weighted by Gasteiger charge is 2.56. The number of hydrogen-bond donors (Lipinski definition) is 1. The molecule has 0 aromatic rings. The van der Waals surface area contributed by atoms with Crippen molar-refractivity contribution in [2.24, 2.45) is 23.7 Å². The summed E-state index contributed by atoms with van der Waals surface area (Å²) in [6, 6.07) is 0. The second-order valence-electron chi connectivity index (χ2n) is 3.72. The molecule has 3 aliphatic carbocycles. The van der Waals surface area contributed by atoms with Crippen LogP contribution in [-0.4, -0.2) is 11.2 Å². The Morgan fingerprint density at radius 1 is 1.10 bits per heavy atom. The number of hydrogen-bond acceptors (Lipinski definition) is 1. The maximum atomic E-state index is 9.61. The third-order valence-electron chi connectivity index (χ3n) is 2.90. The molecule has 0 spiro atoms. The topological polar surface area (TPSA) is 20.2 Å². The van der Waals surface area contributed by atoms with Gasteiger partial charge in [0.2, 0.25) is 0 Å². The minimum Gasteiger partial charge on any atom is -0.393 e. The number of fused-ring (bicyclic) bond motifs is 3. The van der Waals surface area contributed by atoms with Crippen LogP contribution in [0.2, 0.25) is 0 Å². The van der Waals surface area contributed by atoms with Crippen LogP contribution in [0.25, 0.3) is 0 Å². The van der Waals surface area contributed by atoms with Gasteiger partial charge < -0.3 is 5.11 Å². The fraction of sp³-hybridized carbons (Fsp3) is 1.00. The third kappa shape index (κ3) is 0.672. The van der Waals surface area contributed by atoms with E-state index in [1.54, 1.807) is 0 Å². The Hall–Kier alpha value is -0.0400. The Bertz CT molecular complexity index is 263. The molecule has 56 valence electrons. The van der Waals surface area contributed by atoms with Crippen LogP contribution in [0.1, 0.15) is 31.1 Å². The molecule has 0 heterocycles. The van der Waals surface area contributed by atoms with Crippen molar-refractivity contribution in [3.63, 3.8) is 0 Å². The summed E-state index contributed by atoms with van der Waals surface area (Å²) < 4.78 is 30.9. The second-order valence-corrected chi connectivity index (χ2v) is 3.72. The lowest BCUT2D eigenvalue weighted by Crippen LogP contribution is -2.06. The highest BCUT2D eigenvalue weighted by Crippen LogP contribution is 2.63. The summed E-state index contributed by atoms with van der Waals surface area (Å²) in [7, 11) is 0. The van der Waals surface area contributed by atoms with Gasteiger partial charge in [-0.05, 0) is 49.3 Å². The molecular weight excluding hydrogens is 124 g/mol. The zero-order valence-corrected chi connectivity index (χ0v) is 5.75. The molecule has 4 atom stereocenters. The van der Waals surface area contributed by atoms with E-state index >= 15 is 0 Å². The molecule has 10 heavy (non-hydrogen) atoms. The molecule has 3 saturated carbocycles. The predicted molar refractivity (Wildman–Crippen MR) is 38.4 cm³/mol. The largest absolute Gasteiger partial charge is 0.393 e. The second kappa shape index (κ2) is 1.58. The maximum absolute atomic E-state index is 9.61. The van der Waals surface area contributed by atoms with Crippen LogP contribution in [0.4, 0.5) is 0 Å². The first kappa shape index (κ1) is 3.14. The van der Waals surface area contributed by atoms with Gasteiger partial charge in [-0.15, -0.1) is 0 Å². The van der Waals surface area contributed by atoms with Crippen molar-refractivity contribution >= 4 is 0 Å². The smallest absolute Gasteiger partial charge is 0.0545 e. The van der Waals surface area contributed by atoms with Crippen LogP contribution < -0.4 is 0 Å². The van der Waals surface area contributed by atoms with Gasteiger partial charge in [-0.2, -0.15) is 0 Å². The third-order valence-corrected chi connectivity index (χ3v) is 2.90. The van der Waals surface area contributed by atoms with Crippen molar-refractivity contribution in [1.29, 1.82) is 0 Å². The summed E-state index contributed by atoms with van der Waals surface area (Å²) in [5, 5.41) is 9.61. The first-order chi connectivity index (χ1) is 6.37. The molecule has 1 heteroatoms. The van der Waals surface area contributed by atoms with E-state index < -0.39 is 18.8 Å². The van der Waals surface area contributed by atoms with E-state index in [9.17, 15) is 5.11 Å². The Kier molecular flexibility index (Phi) is 0.496. The van der Waals surface area contributed by atoms with E-state index in [2.05, 4.69) is 0 Å². The van der Waals surface area contributed by atoms with Crippen molar-refractivity contribution in [2.75, 3.05) is 0 Å². The summed E-state index contributed by atoms with van der Waals surface area (Å²) >= 11 is 0. The van der Waals surface area contributed by atoms with Crippen LogP contribution in [0.5, 0.6) is 0 Å². The average molecular weight is 142 g/mol. The predicted octanol–water partition coefficient (Wildman–Crippen LogP) is 1.41. The molecule has 3 fully saturated rings. The molecule has 0 aromatic heterocycles. The van der Waals surface area contributed by atoms with Crippen molar-refractivity contribution in [1.82, 2.24) is 0 Å². The minimum atomic E-state index is -1.21. The number of aliphatic hydroxyl groups excluding tert-OH is 1. The van der Waals surface area contributed by atoms with Gasteiger partial charge in [0, 0.05) is 5.48 Å². The molecular formula is C9H14O. The molecule has 4 unspecified atom stereocenters. The van der Waals surface area contributed by atoms with E-state index in [1.165, 1.54) is 0 Å². The first-order valence-corrected chi connectivity index (χ1v) is 4.05. The van der Waals surface area contributed by atoms with Crippen LogP contribution in [0.15, 0.2) is 0 Å². The van der Waals surface area contributed by atoms with Gasteiger partial charge in [-0.3, -0.25) is 0 Å². The van der Waals surface area contributed by atoms with Crippen molar-refractivity contribution in [3.05, 3.63) is 0 Å². The zero-order chi connectivity index (χ0) is 10.3. The lowest BCUT2D eigenvalue weighted by atomic mass is 10.1. The molecule has 0 aliphatic heterocycles. The molecule has 3 aliphatic rings. The summed E-state index contributed by atoms with van der Waals surface area (Å²) in [6.07, 6.45) is -1.86. The molecule has 0 radical (unpaired) electrons. The van der Waals surface area contributed by atoms with Crippen LogP contribution in [0.3, 0.4) is 0 Å². The SMILES string of the molecule is [2H]C1([2H])C2CC(O)CC3C(C21)C3([2H])[2H]. The monoisotopic (exact) mass is 142 g/mol. The Balaban J connectivity index is 1.89. The minimum absolute atomic E-state index is 0.0925. The van der Waals surface area contributed by atoms with Crippen LogP contribution >= 0.6 is 0 Å². The van der Waals surface area contributed by atoms with Crippen molar-refractivity contribution in [3.8, 4) is 0 Å². The van der Waals surface area contributed by atoms with E-state index in [0.29, 0.717) is 12.8 Å². The molecule has 1 nitrogen and oxygen atoms in total. The lowest BCUT2D eigenvalue weighted by molar-refractivity contribution is 0.144. The standard InChI is InChI=1S/C9H14O/c10-7-1-5-3-8(5)9-4-6(9)2-7/h5-10H,1-4H2/i3D2,4D2. The van der Waals surface area contributed by atoms with Crippen molar-refractivity contribution in [2.45, 2.75) is 31.7 Å². The summed E-state index contributed by atoms with van der Waals surface area (Å²) in [4.78, 5) is 0. The first-order valence-electron chi connectivity index (χ1n) is 6.05.